The topological polar surface area (TPSA) is 92.0 Å². The number of nitrogens with zero attached hydrogens (tertiary/aromatic N) is 3. The molecular weight excluding hydrogens is 438 g/mol. The van der Waals surface area contributed by atoms with Crippen LogP contribution in [0.5, 0.6) is 0 Å². The van der Waals surface area contributed by atoms with Crippen LogP contribution in [0.1, 0.15) is 48.1 Å². The van der Waals surface area contributed by atoms with Gasteiger partial charge in [0, 0.05) is 18.7 Å². The molecule has 1 aliphatic rings. The molecule has 0 aliphatic carbocycles. The fourth-order valence-corrected chi connectivity index (χ4v) is 5.34. The molecule has 2 aromatic carbocycles. The van der Waals surface area contributed by atoms with Crippen LogP contribution < -0.4 is 4.80 Å². The first-order valence-electron chi connectivity index (χ1n) is 11.2. The number of aromatic nitrogens is 1. The second-order valence-corrected chi connectivity index (χ2v) is 9.40. The average Bonchev–Trinajstić information content (AvgIpc) is 3.17. The molecule has 172 valence electrons. The summed E-state index contributed by atoms with van der Waals surface area (Å²) in [5.41, 5.74) is 2.38. The Kier molecular flexibility index (Phi) is 6.74. The molecule has 33 heavy (non-hydrogen) atoms. The van der Waals surface area contributed by atoms with E-state index in [2.05, 4.69) is 4.99 Å². The highest BCUT2D eigenvalue weighted by Crippen LogP contribution is 2.26. The minimum atomic E-state index is -0.867. The molecule has 3 aromatic rings. The zero-order valence-corrected chi connectivity index (χ0v) is 19.5. The number of aliphatic carboxylic acids is 1. The fourth-order valence-electron chi connectivity index (χ4n) is 4.28. The Morgan fingerprint density at radius 3 is 2.58 bits per heavy atom. The molecular formula is C25H27N3O4S. The van der Waals surface area contributed by atoms with Crippen LogP contribution in [0.2, 0.25) is 0 Å². The van der Waals surface area contributed by atoms with Gasteiger partial charge in [-0.2, -0.15) is 4.99 Å². The van der Waals surface area contributed by atoms with E-state index >= 15 is 0 Å². The van der Waals surface area contributed by atoms with Gasteiger partial charge in [-0.15, -0.1) is 0 Å². The molecule has 2 heterocycles. The molecule has 2 unspecified atom stereocenters. The van der Waals surface area contributed by atoms with Crippen molar-refractivity contribution >= 4 is 39.3 Å². The number of piperidine rings is 1. The van der Waals surface area contributed by atoms with Gasteiger partial charge in [-0.3, -0.25) is 14.4 Å². The minimum Gasteiger partial charge on any atom is -0.481 e. The maximum absolute atomic E-state index is 13.6. The Bertz CT molecular complexity index is 1260. The third kappa shape index (κ3) is 4.75. The van der Waals surface area contributed by atoms with Crippen LogP contribution in [0, 0.1) is 12.8 Å². The van der Waals surface area contributed by atoms with Crippen LogP contribution in [0.3, 0.4) is 0 Å². The fraction of sp³-hybridized carbons (Fsp3) is 0.360. The number of para-hydroxylation sites is 1. The van der Waals surface area contributed by atoms with Gasteiger partial charge in [0.1, 0.15) is 6.04 Å². The molecule has 4 rings (SSSR count). The summed E-state index contributed by atoms with van der Waals surface area (Å²) in [5, 5.41) is 9.43. The molecule has 2 atom stereocenters. The predicted octanol–water partition coefficient (Wildman–Crippen LogP) is 4.03. The zero-order chi connectivity index (χ0) is 23.5. The number of carbonyl (C=O) groups excluding carboxylic acids is 2. The van der Waals surface area contributed by atoms with Crippen LogP contribution in [0.25, 0.3) is 10.2 Å². The molecule has 0 saturated carbocycles. The summed E-state index contributed by atoms with van der Waals surface area (Å²) in [6.45, 7) is 4.63. The van der Waals surface area contributed by atoms with Gasteiger partial charge < -0.3 is 14.6 Å². The van der Waals surface area contributed by atoms with Gasteiger partial charge in [0.15, 0.2) is 4.80 Å². The van der Waals surface area contributed by atoms with Gasteiger partial charge in [0.05, 0.1) is 16.1 Å². The number of thiazole rings is 1. The largest absolute Gasteiger partial charge is 0.481 e. The van der Waals surface area contributed by atoms with Crippen molar-refractivity contribution in [1.82, 2.24) is 9.47 Å². The molecule has 8 heteroatoms. The Morgan fingerprint density at radius 1 is 1.15 bits per heavy atom. The van der Waals surface area contributed by atoms with E-state index in [4.69, 9.17) is 0 Å². The summed E-state index contributed by atoms with van der Waals surface area (Å²) in [6, 6.07) is 14.4. The number of benzene rings is 2. The molecule has 1 saturated heterocycles. The number of carboxylic acids is 1. The van der Waals surface area contributed by atoms with Gasteiger partial charge in [-0.25, -0.2) is 0 Å². The van der Waals surface area contributed by atoms with Crippen molar-refractivity contribution in [1.29, 1.82) is 0 Å². The van der Waals surface area contributed by atoms with Gasteiger partial charge in [-0.1, -0.05) is 48.1 Å². The van der Waals surface area contributed by atoms with E-state index in [9.17, 15) is 19.5 Å². The summed E-state index contributed by atoms with van der Waals surface area (Å²) in [7, 11) is 0. The molecule has 1 aromatic heterocycles. The molecule has 1 aliphatic heterocycles. The predicted molar refractivity (Wildman–Crippen MR) is 127 cm³/mol. The van der Waals surface area contributed by atoms with Crippen LogP contribution in [-0.4, -0.2) is 45.4 Å². The second kappa shape index (κ2) is 9.70. The molecule has 7 nitrogen and oxygen atoms in total. The number of carbonyl (C=O) groups is 3. The summed E-state index contributed by atoms with van der Waals surface area (Å²) in [4.78, 5) is 44.5. The molecule has 0 bridgehead atoms. The van der Waals surface area contributed by atoms with E-state index in [0.29, 0.717) is 36.2 Å². The summed E-state index contributed by atoms with van der Waals surface area (Å²) in [5.74, 6) is -1.90. The number of carboxylic acid groups (broad SMARTS) is 1. The third-order valence-electron chi connectivity index (χ3n) is 6.09. The molecule has 1 fully saturated rings. The number of likely N-dealkylation sites (tertiary alicyclic amines) is 1. The van der Waals surface area contributed by atoms with Crippen molar-refractivity contribution in [2.45, 2.75) is 39.2 Å². The van der Waals surface area contributed by atoms with Crippen molar-refractivity contribution in [3.05, 3.63) is 64.5 Å². The van der Waals surface area contributed by atoms with E-state index in [1.54, 1.807) is 17.0 Å². The number of fused-ring (bicyclic) bond motifs is 1. The maximum atomic E-state index is 13.6. The summed E-state index contributed by atoms with van der Waals surface area (Å²) >= 11 is 1.37. The standard InChI is InChI=1S/C25H27N3O4S/c1-3-19(23(30)27-14-6-7-18(15-27)24(31)32)28-20-8-4-5-9-21(20)33-25(28)26-22(29)17-12-10-16(2)11-13-17/h4-5,8-13,18-19H,3,6-7,14-15H2,1-2H3,(H,31,32). The number of rotatable bonds is 5. The van der Waals surface area contributed by atoms with E-state index < -0.39 is 17.9 Å². The second-order valence-electron chi connectivity index (χ2n) is 8.39. The van der Waals surface area contributed by atoms with Crippen molar-refractivity contribution in [2.75, 3.05) is 13.1 Å². The van der Waals surface area contributed by atoms with Crippen molar-refractivity contribution in [3.8, 4) is 0 Å². The van der Waals surface area contributed by atoms with Gasteiger partial charge >= 0.3 is 5.97 Å². The van der Waals surface area contributed by atoms with E-state index in [1.807, 2.05) is 54.8 Å². The number of aryl methyl sites for hydroxylation is 1. The molecule has 2 amide bonds. The SMILES string of the molecule is CCC(C(=O)N1CCCC(C(=O)O)C1)n1c(=NC(=O)c2ccc(C)cc2)sc2ccccc21. The zero-order valence-electron chi connectivity index (χ0n) is 18.7. The Morgan fingerprint density at radius 2 is 1.88 bits per heavy atom. The quantitative estimate of drug-likeness (QED) is 0.616. The van der Waals surface area contributed by atoms with Gasteiger partial charge in [0.25, 0.3) is 5.91 Å². The smallest absolute Gasteiger partial charge is 0.308 e. The first-order chi connectivity index (χ1) is 15.9. The average molecular weight is 466 g/mol. The van der Waals surface area contributed by atoms with Crippen molar-refractivity contribution in [3.63, 3.8) is 0 Å². The summed E-state index contributed by atoms with van der Waals surface area (Å²) in [6.07, 6.45) is 1.74. The highest BCUT2D eigenvalue weighted by atomic mass is 32.1. The Hall–Kier alpha value is -3.26. The van der Waals surface area contributed by atoms with E-state index in [-0.39, 0.29) is 18.4 Å². The van der Waals surface area contributed by atoms with Crippen molar-refractivity contribution < 1.29 is 19.5 Å². The normalized spacial score (nSPS) is 17.8. The highest BCUT2D eigenvalue weighted by Gasteiger charge is 2.33. The molecule has 0 spiro atoms. The number of hydrogen-bond acceptors (Lipinski definition) is 4. The summed E-state index contributed by atoms with van der Waals surface area (Å²) < 4.78 is 2.78. The number of amides is 2. The van der Waals surface area contributed by atoms with Crippen LogP contribution in [0.15, 0.2) is 53.5 Å². The maximum Gasteiger partial charge on any atom is 0.308 e. The van der Waals surface area contributed by atoms with Gasteiger partial charge in [-0.05, 0) is 50.5 Å². The van der Waals surface area contributed by atoms with E-state index in [0.717, 1.165) is 15.8 Å². The van der Waals surface area contributed by atoms with Gasteiger partial charge in [0.2, 0.25) is 5.91 Å². The lowest BCUT2D eigenvalue weighted by Crippen LogP contribution is -2.46. The molecule has 1 N–H and O–H groups in total. The number of hydrogen-bond donors (Lipinski definition) is 1. The first kappa shape index (κ1) is 22.9. The van der Waals surface area contributed by atoms with Crippen LogP contribution in [0.4, 0.5) is 0 Å². The first-order valence-corrected chi connectivity index (χ1v) is 12.0. The highest BCUT2D eigenvalue weighted by molar-refractivity contribution is 7.16. The van der Waals surface area contributed by atoms with Crippen LogP contribution in [-0.2, 0) is 9.59 Å². The Labute approximate surface area is 196 Å². The lowest BCUT2D eigenvalue weighted by molar-refractivity contribution is -0.146. The van der Waals surface area contributed by atoms with Crippen molar-refractivity contribution in [2.24, 2.45) is 10.9 Å². The lowest BCUT2D eigenvalue weighted by atomic mass is 9.97. The minimum absolute atomic E-state index is 0.128. The Balaban J connectivity index is 1.76. The molecule has 0 radical (unpaired) electrons. The van der Waals surface area contributed by atoms with Crippen LogP contribution >= 0.6 is 11.3 Å². The third-order valence-corrected chi connectivity index (χ3v) is 7.13. The lowest BCUT2D eigenvalue weighted by Gasteiger charge is -2.33. The monoisotopic (exact) mass is 465 g/mol. The van der Waals surface area contributed by atoms with E-state index in [1.165, 1.54) is 11.3 Å².